The van der Waals surface area contributed by atoms with E-state index in [1.54, 1.807) is 0 Å². The van der Waals surface area contributed by atoms with Crippen LogP contribution in [0.2, 0.25) is 0 Å². The minimum Gasteiger partial charge on any atom is -0.330 e. The standard InChI is InChI=1S/C9H19N3/c1-12-8-2-3-9(12)7(5-11)6(8)4-10/h6-9H,2-5,10-11H2,1H3. The van der Waals surface area contributed by atoms with E-state index in [-0.39, 0.29) is 0 Å². The molecule has 4 unspecified atom stereocenters. The second-order valence-electron chi connectivity index (χ2n) is 4.18. The number of fused-ring (bicyclic) bond motifs is 2. The summed E-state index contributed by atoms with van der Waals surface area (Å²) in [5.74, 6) is 1.33. The summed E-state index contributed by atoms with van der Waals surface area (Å²) in [6, 6.07) is 1.46. The minimum absolute atomic E-state index is 0.666. The van der Waals surface area contributed by atoms with Crippen LogP contribution < -0.4 is 11.5 Å². The molecule has 0 saturated carbocycles. The Balaban J connectivity index is 2.15. The molecule has 0 spiro atoms. The maximum Gasteiger partial charge on any atom is 0.0140 e. The molecule has 70 valence electrons. The van der Waals surface area contributed by atoms with Crippen LogP contribution >= 0.6 is 0 Å². The molecule has 0 aromatic rings. The van der Waals surface area contributed by atoms with Crippen molar-refractivity contribution in [3.8, 4) is 0 Å². The van der Waals surface area contributed by atoms with E-state index in [9.17, 15) is 0 Å². The number of rotatable bonds is 2. The van der Waals surface area contributed by atoms with Crippen LogP contribution in [-0.2, 0) is 0 Å². The van der Waals surface area contributed by atoms with E-state index in [0.717, 1.165) is 25.2 Å². The van der Waals surface area contributed by atoms with Crippen LogP contribution in [0.3, 0.4) is 0 Å². The summed E-state index contributed by atoms with van der Waals surface area (Å²) >= 11 is 0. The van der Waals surface area contributed by atoms with Crippen molar-refractivity contribution in [2.75, 3.05) is 20.1 Å². The fraction of sp³-hybridized carbons (Fsp3) is 1.00. The van der Waals surface area contributed by atoms with E-state index < -0.39 is 0 Å². The van der Waals surface area contributed by atoms with Gasteiger partial charge in [0, 0.05) is 12.1 Å². The lowest BCUT2D eigenvalue weighted by Gasteiger charge is -2.26. The van der Waals surface area contributed by atoms with Gasteiger partial charge in [-0.1, -0.05) is 0 Å². The Morgan fingerprint density at radius 2 is 1.50 bits per heavy atom. The van der Waals surface area contributed by atoms with Gasteiger partial charge in [0.25, 0.3) is 0 Å². The van der Waals surface area contributed by atoms with Crippen LogP contribution in [-0.4, -0.2) is 37.1 Å². The van der Waals surface area contributed by atoms with E-state index >= 15 is 0 Å². The minimum atomic E-state index is 0.666. The van der Waals surface area contributed by atoms with Gasteiger partial charge in [-0.05, 0) is 44.8 Å². The zero-order valence-electron chi connectivity index (χ0n) is 7.74. The lowest BCUT2D eigenvalue weighted by molar-refractivity contribution is 0.291. The Labute approximate surface area is 74.1 Å². The molecule has 2 fully saturated rings. The van der Waals surface area contributed by atoms with Crippen LogP contribution in [0.25, 0.3) is 0 Å². The molecule has 2 rings (SSSR count). The number of hydrogen-bond acceptors (Lipinski definition) is 3. The normalized spacial score (nSPS) is 47.2. The van der Waals surface area contributed by atoms with Crippen molar-refractivity contribution in [2.45, 2.75) is 24.9 Å². The van der Waals surface area contributed by atoms with Gasteiger partial charge in [0.15, 0.2) is 0 Å². The van der Waals surface area contributed by atoms with E-state index in [0.29, 0.717) is 11.8 Å². The Hall–Kier alpha value is -0.120. The van der Waals surface area contributed by atoms with Gasteiger partial charge >= 0.3 is 0 Å². The molecule has 2 saturated heterocycles. The predicted molar refractivity (Wildman–Crippen MR) is 49.7 cm³/mol. The van der Waals surface area contributed by atoms with Gasteiger partial charge in [-0.2, -0.15) is 0 Å². The summed E-state index contributed by atoms with van der Waals surface area (Å²) in [5.41, 5.74) is 11.5. The highest BCUT2D eigenvalue weighted by atomic mass is 15.2. The predicted octanol–water partition coefficient (Wildman–Crippen LogP) is -0.387. The first-order valence-corrected chi connectivity index (χ1v) is 4.91. The first kappa shape index (κ1) is 8.48. The Morgan fingerprint density at radius 3 is 1.83 bits per heavy atom. The van der Waals surface area contributed by atoms with E-state index in [1.165, 1.54) is 12.8 Å². The molecule has 2 bridgehead atoms. The monoisotopic (exact) mass is 169 g/mol. The highest BCUT2D eigenvalue weighted by Gasteiger charge is 2.49. The Bertz CT molecular complexity index is 153. The summed E-state index contributed by atoms with van der Waals surface area (Å²) in [7, 11) is 2.22. The molecule has 3 heteroatoms. The van der Waals surface area contributed by atoms with Crippen LogP contribution in [0.5, 0.6) is 0 Å². The Morgan fingerprint density at radius 1 is 1.08 bits per heavy atom. The van der Waals surface area contributed by atoms with E-state index in [1.807, 2.05) is 0 Å². The zero-order chi connectivity index (χ0) is 8.72. The smallest absolute Gasteiger partial charge is 0.0140 e. The molecule has 2 aliphatic heterocycles. The van der Waals surface area contributed by atoms with E-state index in [4.69, 9.17) is 11.5 Å². The van der Waals surface area contributed by atoms with Gasteiger partial charge in [-0.25, -0.2) is 0 Å². The number of nitrogens with zero attached hydrogens (tertiary/aromatic N) is 1. The fourth-order valence-corrected chi connectivity index (χ4v) is 3.26. The average Bonchev–Trinajstić information content (AvgIpc) is 2.58. The third-order valence-corrected chi connectivity index (χ3v) is 3.89. The molecule has 4 N–H and O–H groups in total. The molecule has 4 atom stereocenters. The summed E-state index contributed by atoms with van der Waals surface area (Å²) in [4.78, 5) is 2.50. The van der Waals surface area contributed by atoms with Gasteiger partial charge in [-0.15, -0.1) is 0 Å². The molecule has 0 aliphatic carbocycles. The fourth-order valence-electron chi connectivity index (χ4n) is 3.26. The summed E-state index contributed by atoms with van der Waals surface area (Å²) < 4.78 is 0. The van der Waals surface area contributed by atoms with Crippen molar-refractivity contribution in [3.05, 3.63) is 0 Å². The van der Waals surface area contributed by atoms with Gasteiger partial charge in [0.1, 0.15) is 0 Å². The van der Waals surface area contributed by atoms with Crippen molar-refractivity contribution < 1.29 is 0 Å². The topological polar surface area (TPSA) is 55.3 Å². The molecule has 2 aliphatic rings. The third kappa shape index (κ3) is 0.934. The van der Waals surface area contributed by atoms with Crippen LogP contribution in [0, 0.1) is 11.8 Å². The van der Waals surface area contributed by atoms with Gasteiger partial charge < -0.3 is 11.5 Å². The van der Waals surface area contributed by atoms with Crippen molar-refractivity contribution in [3.63, 3.8) is 0 Å². The average molecular weight is 169 g/mol. The number of nitrogens with two attached hydrogens (primary N) is 2. The molecule has 2 heterocycles. The maximum atomic E-state index is 5.77. The van der Waals surface area contributed by atoms with Crippen molar-refractivity contribution in [2.24, 2.45) is 23.3 Å². The highest BCUT2D eigenvalue weighted by Crippen LogP contribution is 2.43. The van der Waals surface area contributed by atoms with Crippen molar-refractivity contribution in [1.82, 2.24) is 4.90 Å². The molecular formula is C9H19N3. The second kappa shape index (κ2) is 2.98. The molecule has 12 heavy (non-hydrogen) atoms. The van der Waals surface area contributed by atoms with Gasteiger partial charge in [0.05, 0.1) is 0 Å². The van der Waals surface area contributed by atoms with E-state index in [2.05, 4.69) is 11.9 Å². The summed E-state index contributed by atoms with van der Waals surface area (Å²) in [6.45, 7) is 1.63. The number of hydrogen-bond donors (Lipinski definition) is 2. The van der Waals surface area contributed by atoms with Crippen LogP contribution in [0.15, 0.2) is 0 Å². The quantitative estimate of drug-likeness (QED) is 0.592. The third-order valence-electron chi connectivity index (χ3n) is 3.89. The molecule has 0 amide bonds. The van der Waals surface area contributed by atoms with Gasteiger partial charge in [0.2, 0.25) is 0 Å². The lowest BCUT2D eigenvalue weighted by Crippen LogP contribution is -2.37. The first-order chi connectivity index (χ1) is 5.79. The maximum absolute atomic E-state index is 5.77. The molecule has 0 radical (unpaired) electrons. The highest BCUT2D eigenvalue weighted by molar-refractivity contribution is 5.04. The van der Waals surface area contributed by atoms with Crippen LogP contribution in [0.1, 0.15) is 12.8 Å². The molecule has 0 aromatic carbocycles. The molecule has 3 nitrogen and oxygen atoms in total. The van der Waals surface area contributed by atoms with Crippen molar-refractivity contribution >= 4 is 0 Å². The zero-order valence-corrected chi connectivity index (χ0v) is 7.74. The second-order valence-corrected chi connectivity index (χ2v) is 4.18. The lowest BCUT2D eigenvalue weighted by atomic mass is 9.79. The van der Waals surface area contributed by atoms with Crippen molar-refractivity contribution in [1.29, 1.82) is 0 Å². The molecule has 0 aromatic heterocycles. The van der Waals surface area contributed by atoms with Crippen LogP contribution in [0.4, 0.5) is 0 Å². The first-order valence-electron chi connectivity index (χ1n) is 4.91. The summed E-state index contributed by atoms with van der Waals surface area (Å²) in [5, 5.41) is 0. The largest absolute Gasteiger partial charge is 0.330 e. The Kier molecular flexibility index (Phi) is 2.10. The SMILES string of the molecule is CN1C2CCC1C(CN)C2CN. The van der Waals surface area contributed by atoms with Gasteiger partial charge in [-0.3, -0.25) is 4.90 Å². The molecular weight excluding hydrogens is 150 g/mol. The summed E-state index contributed by atoms with van der Waals surface area (Å²) in [6.07, 6.45) is 2.67.